The summed E-state index contributed by atoms with van der Waals surface area (Å²) in [7, 11) is 1.53. The van der Waals surface area contributed by atoms with Crippen LogP contribution in [0.2, 0.25) is 0 Å². The van der Waals surface area contributed by atoms with Crippen molar-refractivity contribution in [2.75, 3.05) is 13.7 Å². The molecule has 1 unspecified atom stereocenters. The summed E-state index contributed by atoms with van der Waals surface area (Å²) >= 11 is 0. The van der Waals surface area contributed by atoms with Gasteiger partial charge in [-0.25, -0.2) is 0 Å². The fraction of sp³-hybridized carbons (Fsp3) is 0.571. The number of terminal acetylenes is 1. The molecule has 2 aliphatic rings. The van der Waals surface area contributed by atoms with Gasteiger partial charge in [0.1, 0.15) is 6.61 Å². The third-order valence-electron chi connectivity index (χ3n) is 3.83. The van der Waals surface area contributed by atoms with Crippen molar-refractivity contribution >= 4 is 11.8 Å². The average molecular weight is 247 g/mol. The molecule has 0 bridgehead atoms. The minimum Gasteiger partial charge on any atom is -0.360 e. The summed E-state index contributed by atoms with van der Waals surface area (Å²) in [6.45, 7) is 4.03. The van der Waals surface area contributed by atoms with Crippen LogP contribution in [0.3, 0.4) is 0 Å². The Labute approximate surface area is 107 Å². The Kier molecular flexibility index (Phi) is 3.27. The lowest BCUT2D eigenvalue weighted by molar-refractivity contribution is -0.139. The predicted molar refractivity (Wildman–Crippen MR) is 66.3 cm³/mol. The maximum atomic E-state index is 12.2. The molecule has 2 amide bonds. The molecule has 0 radical (unpaired) electrons. The van der Waals surface area contributed by atoms with Gasteiger partial charge >= 0.3 is 0 Å². The Bertz CT molecular complexity index is 460. The highest BCUT2D eigenvalue weighted by atomic mass is 16.5. The van der Waals surface area contributed by atoms with Crippen molar-refractivity contribution in [2.45, 2.75) is 20.0 Å². The summed E-state index contributed by atoms with van der Waals surface area (Å²) in [5.74, 6) is 1.45. The van der Waals surface area contributed by atoms with Gasteiger partial charge in [0.15, 0.2) is 0 Å². The van der Waals surface area contributed by atoms with Crippen LogP contribution in [0.25, 0.3) is 0 Å². The van der Waals surface area contributed by atoms with Gasteiger partial charge in [-0.05, 0) is 18.4 Å². The summed E-state index contributed by atoms with van der Waals surface area (Å²) in [6.07, 6.45) is 6.82. The number of likely N-dealkylation sites (tertiary alicyclic amines) is 1. The normalized spacial score (nSPS) is 35.2. The van der Waals surface area contributed by atoms with Gasteiger partial charge in [0.2, 0.25) is 11.8 Å². The van der Waals surface area contributed by atoms with E-state index in [2.05, 4.69) is 5.92 Å². The van der Waals surface area contributed by atoms with E-state index in [4.69, 9.17) is 11.2 Å². The highest BCUT2D eigenvalue weighted by Crippen LogP contribution is 2.41. The molecule has 1 fully saturated rings. The average Bonchev–Trinajstić information content (AvgIpc) is 2.54. The van der Waals surface area contributed by atoms with Crippen LogP contribution in [0, 0.1) is 30.1 Å². The number of fused-ring (bicyclic) bond motifs is 1. The molecular weight excluding hydrogens is 230 g/mol. The maximum Gasteiger partial charge on any atom is 0.235 e. The van der Waals surface area contributed by atoms with Crippen molar-refractivity contribution in [3.8, 4) is 12.3 Å². The van der Waals surface area contributed by atoms with Crippen molar-refractivity contribution in [1.82, 2.24) is 4.90 Å². The number of carbonyl (C=O) groups is 2. The second-order valence-electron chi connectivity index (χ2n) is 4.99. The molecule has 18 heavy (non-hydrogen) atoms. The van der Waals surface area contributed by atoms with Crippen LogP contribution in [-0.2, 0) is 14.3 Å². The van der Waals surface area contributed by atoms with Crippen LogP contribution in [0.1, 0.15) is 13.8 Å². The molecule has 0 saturated carbocycles. The number of hydrogen-bond donors (Lipinski definition) is 0. The number of rotatable bonds is 2. The molecule has 96 valence electrons. The minimum absolute atomic E-state index is 0.0575. The second kappa shape index (κ2) is 4.58. The van der Waals surface area contributed by atoms with E-state index < -0.39 is 5.92 Å². The zero-order valence-electron chi connectivity index (χ0n) is 10.8. The van der Waals surface area contributed by atoms with Crippen molar-refractivity contribution in [3.63, 3.8) is 0 Å². The first kappa shape index (κ1) is 12.8. The quantitative estimate of drug-likeness (QED) is 0.412. The second-order valence-corrected chi connectivity index (χ2v) is 4.99. The van der Waals surface area contributed by atoms with Gasteiger partial charge in [-0.2, -0.15) is 0 Å². The smallest absolute Gasteiger partial charge is 0.235 e. The van der Waals surface area contributed by atoms with Gasteiger partial charge in [-0.15, -0.1) is 6.42 Å². The molecule has 4 atom stereocenters. The van der Waals surface area contributed by atoms with E-state index in [1.54, 1.807) is 0 Å². The molecule has 0 aromatic carbocycles. The van der Waals surface area contributed by atoms with Crippen LogP contribution >= 0.6 is 0 Å². The molecular formula is C14H17NO3. The largest absolute Gasteiger partial charge is 0.360 e. The van der Waals surface area contributed by atoms with Crippen molar-refractivity contribution in [3.05, 3.63) is 11.6 Å². The lowest BCUT2D eigenvalue weighted by Crippen LogP contribution is -2.40. The van der Waals surface area contributed by atoms with Crippen LogP contribution in [0.4, 0.5) is 0 Å². The molecule has 2 rings (SSSR count). The van der Waals surface area contributed by atoms with Gasteiger partial charge in [-0.3, -0.25) is 14.5 Å². The third kappa shape index (κ3) is 1.75. The lowest BCUT2D eigenvalue weighted by atomic mass is 9.73. The Morgan fingerprint density at radius 3 is 2.61 bits per heavy atom. The number of amides is 2. The number of hydrogen-bond acceptors (Lipinski definition) is 3. The van der Waals surface area contributed by atoms with E-state index in [1.165, 1.54) is 11.9 Å². The molecule has 1 aliphatic carbocycles. The molecule has 0 aromatic rings. The number of ether oxygens (including phenoxy) is 1. The van der Waals surface area contributed by atoms with Crippen molar-refractivity contribution in [1.29, 1.82) is 0 Å². The molecule has 1 saturated heterocycles. The summed E-state index contributed by atoms with van der Waals surface area (Å²) in [4.78, 5) is 25.4. The molecule has 1 heterocycles. The fourth-order valence-corrected chi connectivity index (χ4v) is 3.00. The van der Waals surface area contributed by atoms with E-state index in [0.717, 1.165) is 5.57 Å². The first-order valence-corrected chi connectivity index (χ1v) is 6.03. The number of nitrogens with zero attached hydrogens (tertiary/aromatic N) is 1. The van der Waals surface area contributed by atoms with E-state index in [1.807, 2.05) is 19.9 Å². The SMILES string of the molecule is C#CCO[C@@H]1C(C)=CC(C)[C@@H]2C(=O)N(C)C(=O)[C@H]12. The van der Waals surface area contributed by atoms with Crippen LogP contribution in [0.15, 0.2) is 11.6 Å². The van der Waals surface area contributed by atoms with Crippen LogP contribution < -0.4 is 0 Å². The molecule has 4 nitrogen and oxygen atoms in total. The monoisotopic (exact) mass is 247 g/mol. The Balaban J connectivity index is 2.36. The summed E-state index contributed by atoms with van der Waals surface area (Å²) in [6, 6.07) is 0. The van der Waals surface area contributed by atoms with Gasteiger partial charge in [0, 0.05) is 7.05 Å². The van der Waals surface area contributed by atoms with E-state index >= 15 is 0 Å². The van der Waals surface area contributed by atoms with Gasteiger partial charge in [-0.1, -0.05) is 18.9 Å². The van der Waals surface area contributed by atoms with E-state index in [-0.39, 0.29) is 36.4 Å². The van der Waals surface area contributed by atoms with Gasteiger partial charge in [0.05, 0.1) is 17.9 Å². The zero-order valence-corrected chi connectivity index (χ0v) is 10.8. The third-order valence-corrected chi connectivity index (χ3v) is 3.83. The Morgan fingerprint density at radius 2 is 2.00 bits per heavy atom. The standard InChI is InChI=1S/C14H17NO3/c1-5-6-18-12-9(3)7-8(2)10-11(12)14(17)15(4)13(10)16/h1,7-8,10-12H,6H2,2-4H3/t8?,10-,11-,12+/m0/s1. The Hall–Kier alpha value is -1.60. The summed E-state index contributed by atoms with van der Waals surface area (Å²) in [5, 5.41) is 0. The molecule has 0 N–H and O–H groups in total. The molecule has 0 spiro atoms. The molecule has 0 aromatic heterocycles. The van der Waals surface area contributed by atoms with Crippen molar-refractivity contribution < 1.29 is 14.3 Å². The fourth-order valence-electron chi connectivity index (χ4n) is 3.00. The number of imide groups is 1. The van der Waals surface area contributed by atoms with Gasteiger partial charge in [0.25, 0.3) is 0 Å². The highest BCUT2D eigenvalue weighted by Gasteiger charge is 2.53. The molecule has 4 heteroatoms. The topological polar surface area (TPSA) is 46.6 Å². The Morgan fingerprint density at radius 1 is 1.39 bits per heavy atom. The zero-order chi connectivity index (χ0) is 13.4. The maximum absolute atomic E-state index is 12.2. The van der Waals surface area contributed by atoms with Gasteiger partial charge < -0.3 is 4.74 Å². The van der Waals surface area contributed by atoms with Crippen LogP contribution in [-0.4, -0.2) is 36.5 Å². The summed E-state index contributed by atoms with van der Waals surface area (Å²) in [5.41, 5.74) is 0.982. The predicted octanol–water partition coefficient (Wildman–Crippen LogP) is 0.832. The van der Waals surface area contributed by atoms with E-state index in [9.17, 15) is 9.59 Å². The van der Waals surface area contributed by atoms with E-state index in [0.29, 0.717) is 0 Å². The minimum atomic E-state index is -0.421. The van der Waals surface area contributed by atoms with Crippen LogP contribution in [0.5, 0.6) is 0 Å². The summed E-state index contributed by atoms with van der Waals surface area (Å²) < 4.78 is 5.57. The first-order valence-electron chi connectivity index (χ1n) is 6.03. The number of carbonyl (C=O) groups excluding carboxylic acids is 2. The number of allylic oxidation sites excluding steroid dienone is 1. The lowest BCUT2D eigenvalue weighted by Gasteiger charge is -2.33. The molecule has 1 aliphatic heterocycles. The first-order chi connectivity index (χ1) is 8.49. The highest BCUT2D eigenvalue weighted by molar-refractivity contribution is 6.05. The van der Waals surface area contributed by atoms with Crippen molar-refractivity contribution in [2.24, 2.45) is 17.8 Å².